The quantitative estimate of drug-likeness (QED) is 0.357. The number of allylic oxidation sites excluding steroid dienone is 1. The number of nitrogens with zero attached hydrogens (tertiary/aromatic N) is 1. The molecule has 0 radical (unpaired) electrons. The molecule has 2 aromatic rings. The Morgan fingerprint density at radius 2 is 1.80 bits per heavy atom. The highest BCUT2D eigenvalue weighted by Gasteiger charge is 2.19. The molecule has 0 aliphatic rings. The minimum atomic E-state index is -0.748. The summed E-state index contributed by atoms with van der Waals surface area (Å²) in [4.78, 5) is 22.4. The van der Waals surface area contributed by atoms with Gasteiger partial charge in [-0.3, -0.25) is 14.9 Å². The maximum atomic E-state index is 12.2. The average molecular weight is 345 g/mol. The molecule has 0 saturated heterocycles. The van der Waals surface area contributed by atoms with Crippen LogP contribution in [0.3, 0.4) is 0 Å². The number of aromatic hydroxyl groups is 2. The van der Waals surface area contributed by atoms with E-state index in [1.807, 2.05) is 0 Å². The van der Waals surface area contributed by atoms with Crippen molar-refractivity contribution < 1.29 is 29.4 Å². The topological polar surface area (TPSA) is 119 Å². The van der Waals surface area contributed by atoms with Gasteiger partial charge in [-0.05, 0) is 35.9 Å². The summed E-state index contributed by atoms with van der Waals surface area (Å²) in [5, 5.41) is 30.2. The number of phenols is 2. The number of ether oxygens (including phenoxy) is 2. The predicted molar refractivity (Wildman–Crippen MR) is 89.3 cm³/mol. The van der Waals surface area contributed by atoms with Gasteiger partial charge in [0, 0.05) is 11.6 Å². The van der Waals surface area contributed by atoms with Crippen LogP contribution in [0.2, 0.25) is 0 Å². The number of nitro groups is 1. The van der Waals surface area contributed by atoms with Crippen molar-refractivity contribution in [1.29, 1.82) is 0 Å². The van der Waals surface area contributed by atoms with Crippen LogP contribution < -0.4 is 9.47 Å². The molecule has 0 spiro atoms. The zero-order chi connectivity index (χ0) is 18.6. The molecule has 0 aromatic heterocycles. The molecule has 0 fully saturated rings. The second-order valence-corrected chi connectivity index (χ2v) is 4.93. The van der Waals surface area contributed by atoms with Crippen LogP contribution in [0.4, 0.5) is 5.69 Å². The third-order valence-electron chi connectivity index (χ3n) is 3.39. The summed E-state index contributed by atoms with van der Waals surface area (Å²) < 4.78 is 9.83. The van der Waals surface area contributed by atoms with Gasteiger partial charge in [0.1, 0.15) is 0 Å². The smallest absolute Gasteiger partial charge is 0.315 e. The van der Waals surface area contributed by atoms with Crippen molar-refractivity contribution in [2.24, 2.45) is 0 Å². The fourth-order valence-electron chi connectivity index (χ4n) is 2.10. The van der Waals surface area contributed by atoms with E-state index in [0.29, 0.717) is 5.56 Å². The van der Waals surface area contributed by atoms with Gasteiger partial charge < -0.3 is 19.7 Å². The Morgan fingerprint density at radius 1 is 1.12 bits per heavy atom. The van der Waals surface area contributed by atoms with Gasteiger partial charge in [-0.2, -0.15) is 0 Å². The van der Waals surface area contributed by atoms with Gasteiger partial charge in [0.15, 0.2) is 23.0 Å². The molecule has 2 rings (SSSR count). The zero-order valence-electron chi connectivity index (χ0n) is 13.4. The first-order chi connectivity index (χ1) is 11.9. The Bertz CT molecular complexity index is 858. The highest BCUT2D eigenvalue weighted by molar-refractivity contribution is 6.07. The van der Waals surface area contributed by atoms with Crippen LogP contribution in [-0.2, 0) is 0 Å². The van der Waals surface area contributed by atoms with Crippen LogP contribution in [0.5, 0.6) is 23.0 Å². The summed E-state index contributed by atoms with van der Waals surface area (Å²) in [6, 6.07) is 6.61. The third kappa shape index (κ3) is 3.86. The van der Waals surface area contributed by atoms with Gasteiger partial charge in [-0.1, -0.05) is 6.08 Å². The standard InChI is InChI=1S/C17H15NO7/c1-24-15-9-11(4-6-14(15)20)13(19)5-3-10-7-12(18(22)23)17(21)16(8-10)25-2/h3-9,20-21H,1-2H3/b5-3+. The number of carbonyl (C=O) groups is 1. The first kappa shape index (κ1) is 17.8. The molecule has 2 N–H and O–H groups in total. The summed E-state index contributed by atoms with van der Waals surface area (Å²) in [5.41, 5.74) is 0.0457. The van der Waals surface area contributed by atoms with Gasteiger partial charge in [-0.25, -0.2) is 0 Å². The molecule has 130 valence electrons. The molecule has 0 saturated carbocycles. The first-order valence-corrected chi connectivity index (χ1v) is 7.02. The molecule has 0 atom stereocenters. The number of ketones is 1. The van der Waals surface area contributed by atoms with Crippen LogP contribution in [0.1, 0.15) is 15.9 Å². The third-order valence-corrected chi connectivity index (χ3v) is 3.39. The Kier molecular flexibility index (Phi) is 5.23. The molecule has 0 aliphatic carbocycles. The number of methoxy groups -OCH3 is 2. The maximum Gasteiger partial charge on any atom is 0.315 e. The summed E-state index contributed by atoms with van der Waals surface area (Å²) in [6.45, 7) is 0. The fraction of sp³-hybridized carbons (Fsp3) is 0.118. The van der Waals surface area contributed by atoms with E-state index in [1.54, 1.807) is 0 Å². The molecular weight excluding hydrogens is 330 g/mol. The summed E-state index contributed by atoms with van der Waals surface area (Å²) in [6.07, 6.45) is 2.57. The van der Waals surface area contributed by atoms with Crippen molar-refractivity contribution in [2.75, 3.05) is 14.2 Å². The number of carbonyl (C=O) groups excluding carboxylic acids is 1. The maximum absolute atomic E-state index is 12.2. The number of nitro benzene ring substituents is 1. The van der Waals surface area contributed by atoms with Crippen molar-refractivity contribution in [1.82, 2.24) is 0 Å². The fourth-order valence-corrected chi connectivity index (χ4v) is 2.10. The van der Waals surface area contributed by atoms with E-state index >= 15 is 0 Å². The monoisotopic (exact) mass is 345 g/mol. The highest BCUT2D eigenvalue weighted by Crippen LogP contribution is 2.37. The number of rotatable bonds is 6. The lowest BCUT2D eigenvalue weighted by molar-refractivity contribution is -0.386. The van der Waals surface area contributed by atoms with Crippen molar-refractivity contribution >= 4 is 17.5 Å². The van der Waals surface area contributed by atoms with Crippen LogP contribution in [0, 0.1) is 10.1 Å². The van der Waals surface area contributed by atoms with Crippen LogP contribution in [0.15, 0.2) is 36.4 Å². The Hall–Kier alpha value is -3.55. The molecule has 8 nitrogen and oxygen atoms in total. The lowest BCUT2D eigenvalue weighted by Crippen LogP contribution is -1.96. The molecule has 0 unspecified atom stereocenters. The number of hydrogen-bond acceptors (Lipinski definition) is 7. The normalized spacial score (nSPS) is 10.6. The zero-order valence-corrected chi connectivity index (χ0v) is 13.4. The lowest BCUT2D eigenvalue weighted by Gasteiger charge is -2.06. The molecule has 0 bridgehead atoms. The summed E-state index contributed by atoms with van der Waals surface area (Å²) in [5.74, 6) is -0.997. The highest BCUT2D eigenvalue weighted by atomic mass is 16.6. The van der Waals surface area contributed by atoms with Gasteiger partial charge in [0.05, 0.1) is 19.1 Å². The van der Waals surface area contributed by atoms with Crippen molar-refractivity contribution in [3.05, 3.63) is 57.6 Å². The minimum Gasteiger partial charge on any atom is -0.504 e. The van der Waals surface area contributed by atoms with Crippen LogP contribution in [-0.4, -0.2) is 35.1 Å². The second kappa shape index (κ2) is 7.35. The molecule has 25 heavy (non-hydrogen) atoms. The predicted octanol–water partition coefficient (Wildman–Crippen LogP) is 2.92. The molecule has 8 heteroatoms. The van der Waals surface area contributed by atoms with Crippen molar-refractivity contribution in [3.63, 3.8) is 0 Å². The molecule has 0 heterocycles. The van der Waals surface area contributed by atoms with E-state index in [0.717, 1.165) is 6.07 Å². The van der Waals surface area contributed by atoms with Gasteiger partial charge in [0.25, 0.3) is 0 Å². The van der Waals surface area contributed by atoms with E-state index in [-0.39, 0.29) is 22.8 Å². The average Bonchev–Trinajstić information content (AvgIpc) is 2.60. The largest absolute Gasteiger partial charge is 0.504 e. The summed E-state index contributed by atoms with van der Waals surface area (Å²) >= 11 is 0. The Morgan fingerprint density at radius 3 is 2.40 bits per heavy atom. The van der Waals surface area contributed by atoms with Crippen LogP contribution in [0.25, 0.3) is 6.08 Å². The van der Waals surface area contributed by atoms with E-state index in [2.05, 4.69) is 0 Å². The SMILES string of the molecule is COc1cc(C(=O)/C=C/c2cc(OC)c(O)c([N+](=O)[O-])c2)ccc1O. The molecular formula is C17H15NO7. The van der Waals surface area contributed by atoms with Crippen molar-refractivity contribution in [3.8, 4) is 23.0 Å². The van der Waals surface area contributed by atoms with E-state index in [1.165, 1.54) is 50.6 Å². The van der Waals surface area contributed by atoms with E-state index in [9.17, 15) is 25.1 Å². The molecule has 2 aromatic carbocycles. The number of hydrogen-bond donors (Lipinski definition) is 2. The Labute approximate surface area is 142 Å². The number of phenolic OH excluding ortho intramolecular Hbond substituents is 2. The van der Waals surface area contributed by atoms with Gasteiger partial charge in [-0.15, -0.1) is 0 Å². The van der Waals surface area contributed by atoms with Crippen LogP contribution >= 0.6 is 0 Å². The first-order valence-electron chi connectivity index (χ1n) is 7.02. The lowest BCUT2D eigenvalue weighted by atomic mass is 10.1. The molecule has 0 aliphatic heterocycles. The second-order valence-electron chi connectivity index (χ2n) is 4.93. The van der Waals surface area contributed by atoms with E-state index in [4.69, 9.17) is 9.47 Å². The van der Waals surface area contributed by atoms with E-state index < -0.39 is 22.1 Å². The molecule has 0 amide bonds. The summed E-state index contributed by atoms with van der Waals surface area (Å²) in [7, 11) is 2.63. The number of benzene rings is 2. The minimum absolute atomic E-state index is 0.0763. The Balaban J connectivity index is 2.34. The van der Waals surface area contributed by atoms with Gasteiger partial charge >= 0.3 is 5.69 Å². The van der Waals surface area contributed by atoms with Crippen molar-refractivity contribution in [2.45, 2.75) is 0 Å². The van der Waals surface area contributed by atoms with Gasteiger partial charge in [0.2, 0.25) is 5.75 Å².